The van der Waals surface area contributed by atoms with Gasteiger partial charge in [0.05, 0.1) is 0 Å². The van der Waals surface area contributed by atoms with Gasteiger partial charge in [0.25, 0.3) is 0 Å². The Morgan fingerprint density at radius 3 is 2.83 bits per heavy atom. The highest BCUT2D eigenvalue weighted by Gasteiger charge is 2.31. The van der Waals surface area contributed by atoms with Crippen LogP contribution in [0.25, 0.3) is 0 Å². The number of aryl methyl sites for hydroxylation is 1. The summed E-state index contributed by atoms with van der Waals surface area (Å²) in [7, 11) is 1.56. The van der Waals surface area contributed by atoms with Crippen molar-refractivity contribution in [3.63, 3.8) is 0 Å². The lowest BCUT2D eigenvalue weighted by molar-refractivity contribution is 0.0602. The van der Waals surface area contributed by atoms with Crippen LogP contribution in [0.5, 0.6) is 5.75 Å². The first-order valence-electron chi connectivity index (χ1n) is 6.43. The summed E-state index contributed by atoms with van der Waals surface area (Å²) in [6.45, 7) is 0. The molecule has 0 aromatic heterocycles. The Bertz CT molecular complexity index is 498. The summed E-state index contributed by atoms with van der Waals surface area (Å²) in [6.07, 6.45) is 3.96. The summed E-state index contributed by atoms with van der Waals surface area (Å²) in [5.41, 5.74) is 3.83. The number of amides is 1. The summed E-state index contributed by atoms with van der Waals surface area (Å²) in [6, 6.07) is 4.27. The van der Waals surface area contributed by atoms with E-state index in [2.05, 4.69) is 12.1 Å². The van der Waals surface area contributed by atoms with Gasteiger partial charge in [0.1, 0.15) is 5.75 Å². The van der Waals surface area contributed by atoms with Gasteiger partial charge in [-0.2, -0.15) is 0 Å². The fraction of sp³-hybridized carbons (Fsp3) is 0.500. The molecule has 1 aromatic carbocycles. The van der Waals surface area contributed by atoms with E-state index in [1.54, 1.807) is 7.05 Å². The molecule has 2 aliphatic rings. The predicted molar refractivity (Wildman–Crippen MR) is 67.0 cm³/mol. The van der Waals surface area contributed by atoms with E-state index < -0.39 is 6.09 Å². The number of rotatable bonds is 1. The molecule has 1 unspecified atom stereocenters. The monoisotopic (exact) mass is 247 g/mol. The number of likely N-dealkylation sites (N-methyl/N-ethyl adjacent to an activating group) is 1. The molecule has 0 fully saturated rings. The summed E-state index contributed by atoms with van der Waals surface area (Å²) in [5, 5.41) is 9.01. The minimum absolute atomic E-state index is 0.370. The second-order valence-corrected chi connectivity index (χ2v) is 5.07. The van der Waals surface area contributed by atoms with E-state index in [0.717, 1.165) is 24.2 Å². The molecule has 0 saturated heterocycles. The highest BCUT2D eigenvalue weighted by atomic mass is 16.5. The Hall–Kier alpha value is -1.71. The number of hydrogen-bond donors (Lipinski definition) is 1. The molecule has 1 aliphatic carbocycles. The normalized spacial score (nSPS) is 20.8. The summed E-state index contributed by atoms with van der Waals surface area (Å²) in [5.74, 6) is 0.949. The van der Waals surface area contributed by atoms with E-state index in [-0.39, 0.29) is 6.23 Å². The van der Waals surface area contributed by atoms with Crippen molar-refractivity contribution in [3.05, 3.63) is 28.8 Å². The first-order valence-corrected chi connectivity index (χ1v) is 6.43. The molecule has 1 heterocycles. The SMILES string of the molecule is CN(C(=O)O)C1Cc2ccc3c(c2O1)CCCC3. The lowest BCUT2D eigenvalue weighted by Crippen LogP contribution is -2.39. The van der Waals surface area contributed by atoms with E-state index in [4.69, 9.17) is 9.84 Å². The smallest absolute Gasteiger partial charge is 0.409 e. The molecule has 4 nitrogen and oxygen atoms in total. The van der Waals surface area contributed by atoms with Gasteiger partial charge in [0.15, 0.2) is 6.23 Å². The molecular formula is C14H17NO3. The maximum absolute atomic E-state index is 11.0. The fourth-order valence-corrected chi connectivity index (χ4v) is 2.86. The van der Waals surface area contributed by atoms with Crippen molar-refractivity contribution < 1.29 is 14.6 Å². The molecule has 0 radical (unpaired) electrons. The van der Waals surface area contributed by atoms with Crippen LogP contribution in [0, 0.1) is 0 Å². The fourth-order valence-electron chi connectivity index (χ4n) is 2.86. The third kappa shape index (κ3) is 1.72. The van der Waals surface area contributed by atoms with Crippen LogP contribution in [0.3, 0.4) is 0 Å². The molecule has 3 rings (SSSR count). The molecule has 1 aliphatic heterocycles. The van der Waals surface area contributed by atoms with Crippen LogP contribution >= 0.6 is 0 Å². The van der Waals surface area contributed by atoms with Crippen molar-refractivity contribution in [3.8, 4) is 5.75 Å². The van der Waals surface area contributed by atoms with E-state index in [0.29, 0.717) is 6.42 Å². The number of hydrogen-bond acceptors (Lipinski definition) is 2. The van der Waals surface area contributed by atoms with E-state index in [9.17, 15) is 4.79 Å². The highest BCUT2D eigenvalue weighted by molar-refractivity contribution is 5.65. The van der Waals surface area contributed by atoms with Crippen LogP contribution in [-0.2, 0) is 19.3 Å². The van der Waals surface area contributed by atoms with Crippen molar-refractivity contribution in [2.45, 2.75) is 38.3 Å². The van der Waals surface area contributed by atoms with Gasteiger partial charge in [-0.25, -0.2) is 4.79 Å². The molecule has 96 valence electrons. The van der Waals surface area contributed by atoms with Crippen molar-refractivity contribution in [1.82, 2.24) is 4.90 Å². The molecule has 18 heavy (non-hydrogen) atoms. The van der Waals surface area contributed by atoms with Crippen LogP contribution in [0.1, 0.15) is 29.5 Å². The van der Waals surface area contributed by atoms with Crippen molar-refractivity contribution in [2.75, 3.05) is 7.05 Å². The second-order valence-electron chi connectivity index (χ2n) is 5.07. The maximum atomic E-state index is 11.0. The van der Waals surface area contributed by atoms with Gasteiger partial charge in [-0.15, -0.1) is 0 Å². The zero-order valence-electron chi connectivity index (χ0n) is 10.5. The number of carbonyl (C=O) groups is 1. The molecule has 1 aromatic rings. The van der Waals surface area contributed by atoms with Gasteiger partial charge < -0.3 is 9.84 Å². The van der Waals surface area contributed by atoms with Crippen LogP contribution in [0.15, 0.2) is 12.1 Å². The predicted octanol–water partition coefficient (Wildman–Crippen LogP) is 2.44. The molecule has 4 heteroatoms. The van der Waals surface area contributed by atoms with E-state index in [1.165, 1.54) is 28.9 Å². The van der Waals surface area contributed by atoms with Gasteiger partial charge in [0.2, 0.25) is 0 Å². The minimum atomic E-state index is -0.943. The first-order chi connectivity index (χ1) is 8.66. The van der Waals surface area contributed by atoms with Crippen LogP contribution < -0.4 is 4.74 Å². The Morgan fingerprint density at radius 2 is 2.06 bits per heavy atom. The Labute approximate surface area is 106 Å². The van der Waals surface area contributed by atoms with Crippen LogP contribution in [-0.4, -0.2) is 29.4 Å². The highest BCUT2D eigenvalue weighted by Crippen LogP contribution is 2.38. The van der Waals surface area contributed by atoms with Crippen molar-refractivity contribution in [1.29, 1.82) is 0 Å². The maximum Gasteiger partial charge on any atom is 0.409 e. The largest absolute Gasteiger partial charge is 0.469 e. The van der Waals surface area contributed by atoms with Gasteiger partial charge >= 0.3 is 6.09 Å². The minimum Gasteiger partial charge on any atom is -0.469 e. The van der Waals surface area contributed by atoms with Gasteiger partial charge in [-0.05, 0) is 36.8 Å². The molecule has 0 spiro atoms. The molecule has 0 bridgehead atoms. The van der Waals surface area contributed by atoms with Gasteiger partial charge in [-0.3, -0.25) is 4.90 Å². The Morgan fingerprint density at radius 1 is 1.33 bits per heavy atom. The average Bonchev–Trinajstić information content (AvgIpc) is 2.81. The zero-order chi connectivity index (χ0) is 12.7. The first kappa shape index (κ1) is 11.4. The number of benzene rings is 1. The number of carboxylic acid groups (broad SMARTS) is 1. The van der Waals surface area contributed by atoms with E-state index in [1.807, 2.05) is 0 Å². The standard InChI is InChI=1S/C14H17NO3/c1-15(14(16)17)12-8-10-7-6-9-4-2-3-5-11(9)13(10)18-12/h6-7,12H,2-5,8H2,1H3,(H,16,17). The Balaban J connectivity index is 1.91. The van der Waals surface area contributed by atoms with Crippen molar-refractivity contribution >= 4 is 6.09 Å². The lowest BCUT2D eigenvalue weighted by Gasteiger charge is -2.22. The summed E-state index contributed by atoms with van der Waals surface area (Å²) < 4.78 is 5.87. The number of fused-ring (bicyclic) bond motifs is 3. The van der Waals surface area contributed by atoms with Crippen LogP contribution in [0.4, 0.5) is 4.79 Å². The molecule has 1 atom stereocenters. The summed E-state index contributed by atoms with van der Waals surface area (Å²) >= 11 is 0. The third-order valence-electron chi connectivity index (χ3n) is 3.94. The topological polar surface area (TPSA) is 49.8 Å². The molecule has 0 saturated carbocycles. The average molecular weight is 247 g/mol. The van der Waals surface area contributed by atoms with Gasteiger partial charge in [-0.1, -0.05) is 12.1 Å². The third-order valence-corrected chi connectivity index (χ3v) is 3.94. The van der Waals surface area contributed by atoms with Crippen molar-refractivity contribution in [2.24, 2.45) is 0 Å². The quantitative estimate of drug-likeness (QED) is 0.829. The molecule has 1 N–H and O–H groups in total. The number of ether oxygens (including phenoxy) is 1. The van der Waals surface area contributed by atoms with Gasteiger partial charge in [0, 0.05) is 19.0 Å². The number of nitrogens with zero attached hydrogens (tertiary/aromatic N) is 1. The second kappa shape index (κ2) is 4.19. The zero-order valence-corrected chi connectivity index (χ0v) is 10.5. The molecular weight excluding hydrogens is 230 g/mol. The van der Waals surface area contributed by atoms with E-state index >= 15 is 0 Å². The summed E-state index contributed by atoms with van der Waals surface area (Å²) in [4.78, 5) is 12.2. The van der Waals surface area contributed by atoms with Crippen LogP contribution in [0.2, 0.25) is 0 Å². The lowest BCUT2D eigenvalue weighted by atomic mass is 9.89. The molecule has 1 amide bonds. The Kier molecular flexibility index (Phi) is 2.65.